The van der Waals surface area contributed by atoms with Crippen molar-refractivity contribution in [2.45, 2.75) is 40.0 Å². The molecule has 2 aliphatic rings. The van der Waals surface area contributed by atoms with E-state index in [1.165, 1.54) is 19.3 Å². The SMILES string of the molecule is CC1CCCC2=C1C=CC(C)(C)C=C2. The molecule has 0 spiro atoms. The topological polar surface area (TPSA) is 0 Å². The fraction of sp³-hybridized carbons (Fsp3) is 0.571. The van der Waals surface area contributed by atoms with E-state index in [9.17, 15) is 0 Å². The highest BCUT2D eigenvalue weighted by Crippen LogP contribution is 2.35. The zero-order valence-electron chi connectivity index (χ0n) is 9.51. The van der Waals surface area contributed by atoms with Crippen molar-refractivity contribution in [2.75, 3.05) is 0 Å². The lowest BCUT2D eigenvalue weighted by Crippen LogP contribution is -2.06. The fourth-order valence-corrected chi connectivity index (χ4v) is 2.34. The van der Waals surface area contributed by atoms with E-state index < -0.39 is 0 Å². The second-order valence-electron chi connectivity index (χ2n) is 5.26. The van der Waals surface area contributed by atoms with E-state index in [1.54, 1.807) is 11.1 Å². The van der Waals surface area contributed by atoms with Crippen LogP contribution in [0.3, 0.4) is 0 Å². The Kier molecular flexibility index (Phi) is 2.38. The largest absolute Gasteiger partial charge is 0.0748 e. The van der Waals surface area contributed by atoms with E-state index in [-0.39, 0.29) is 5.41 Å². The van der Waals surface area contributed by atoms with Crippen molar-refractivity contribution in [2.24, 2.45) is 11.3 Å². The number of hydrogen-bond acceptors (Lipinski definition) is 0. The Bertz CT molecular complexity index is 313. The molecule has 0 saturated heterocycles. The maximum atomic E-state index is 2.36. The molecule has 0 aromatic carbocycles. The molecule has 14 heavy (non-hydrogen) atoms. The van der Waals surface area contributed by atoms with Gasteiger partial charge in [-0.25, -0.2) is 0 Å². The van der Waals surface area contributed by atoms with E-state index in [4.69, 9.17) is 0 Å². The van der Waals surface area contributed by atoms with Crippen molar-refractivity contribution in [3.05, 3.63) is 35.5 Å². The number of allylic oxidation sites excluding steroid dienone is 6. The molecule has 0 saturated carbocycles. The first kappa shape index (κ1) is 9.76. The minimum Gasteiger partial charge on any atom is -0.0748 e. The molecule has 2 rings (SSSR count). The van der Waals surface area contributed by atoms with E-state index in [0.29, 0.717) is 0 Å². The Balaban J connectivity index is 2.37. The molecule has 0 aromatic rings. The van der Waals surface area contributed by atoms with E-state index >= 15 is 0 Å². The molecule has 0 heteroatoms. The summed E-state index contributed by atoms with van der Waals surface area (Å²) in [5.41, 5.74) is 3.39. The lowest BCUT2D eigenvalue weighted by atomic mass is 9.84. The molecule has 0 radical (unpaired) electrons. The third-order valence-corrected chi connectivity index (χ3v) is 3.39. The molecule has 0 nitrogen and oxygen atoms in total. The molecule has 0 amide bonds. The predicted octanol–water partition coefficient (Wildman–Crippen LogP) is 4.26. The quantitative estimate of drug-likeness (QED) is 0.533. The summed E-state index contributed by atoms with van der Waals surface area (Å²) >= 11 is 0. The van der Waals surface area contributed by atoms with Gasteiger partial charge in [0.25, 0.3) is 0 Å². The Labute approximate surface area is 87.4 Å². The number of rotatable bonds is 0. The summed E-state index contributed by atoms with van der Waals surface area (Å²) in [5.74, 6) is 0.758. The van der Waals surface area contributed by atoms with Gasteiger partial charge >= 0.3 is 0 Å². The summed E-state index contributed by atoms with van der Waals surface area (Å²) in [5, 5.41) is 0. The van der Waals surface area contributed by atoms with Gasteiger partial charge in [-0.1, -0.05) is 45.1 Å². The summed E-state index contributed by atoms with van der Waals surface area (Å²) < 4.78 is 0. The zero-order chi connectivity index (χ0) is 10.2. The zero-order valence-corrected chi connectivity index (χ0v) is 9.51. The molecule has 0 bridgehead atoms. The van der Waals surface area contributed by atoms with Crippen molar-refractivity contribution >= 4 is 0 Å². The van der Waals surface area contributed by atoms with Crippen molar-refractivity contribution in [1.82, 2.24) is 0 Å². The molecular formula is C14H20. The Morgan fingerprint density at radius 2 is 1.93 bits per heavy atom. The maximum Gasteiger partial charge on any atom is 0.00108 e. The highest BCUT2D eigenvalue weighted by atomic mass is 14.2. The fourth-order valence-electron chi connectivity index (χ4n) is 2.34. The first-order chi connectivity index (χ1) is 6.58. The van der Waals surface area contributed by atoms with Crippen LogP contribution in [0.1, 0.15) is 40.0 Å². The van der Waals surface area contributed by atoms with Gasteiger partial charge in [-0.2, -0.15) is 0 Å². The summed E-state index contributed by atoms with van der Waals surface area (Å²) in [7, 11) is 0. The average molecular weight is 188 g/mol. The molecule has 2 aliphatic carbocycles. The van der Waals surface area contributed by atoms with Crippen molar-refractivity contribution in [3.63, 3.8) is 0 Å². The van der Waals surface area contributed by atoms with Crippen LogP contribution >= 0.6 is 0 Å². The average Bonchev–Trinajstić information content (AvgIpc) is 2.27. The standard InChI is InChI=1S/C14H20/c1-11-5-4-6-12-7-9-14(2,3)10-8-13(11)12/h7-11H,4-6H2,1-3H3. The molecule has 1 atom stereocenters. The molecule has 0 aliphatic heterocycles. The van der Waals surface area contributed by atoms with Gasteiger partial charge in [-0.05, 0) is 36.3 Å². The second-order valence-corrected chi connectivity index (χ2v) is 5.26. The minimum absolute atomic E-state index is 0.233. The Morgan fingerprint density at radius 3 is 2.71 bits per heavy atom. The molecule has 0 fully saturated rings. The van der Waals surface area contributed by atoms with Gasteiger partial charge in [0.15, 0.2) is 0 Å². The van der Waals surface area contributed by atoms with Gasteiger partial charge in [-0.15, -0.1) is 0 Å². The monoisotopic (exact) mass is 188 g/mol. The Hall–Kier alpha value is -0.780. The van der Waals surface area contributed by atoms with Gasteiger partial charge in [-0.3, -0.25) is 0 Å². The van der Waals surface area contributed by atoms with Gasteiger partial charge in [0.2, 0.25) is 0 Å². The van der Waals surface area contributed by atoms with Gasteiger partial charge in [0.05, 0.1) is 0 Å². The highest BCUT2D eigenvalue weighted by molar-refractivity contribution is 5.40. The summed E-state index contributed by atoms with van der Waals surface area (Å²) in [6.45, 7) is 6.89. The summed E-state index contributed by atoms with van der Waals surface area (Å²) in [4.78, 5) is 0. The lowest BCUT2D eigenvalue weighted by molar-refractivity contribution is 0.552. The third kappa shape index (κ3) is 1.84. The first-order valence-electron chi connectivity index (χ1n) is 5.70. The van der Waals surface area contributed by atoms with E-state index in [1.807, 2.05) is 0 Å². The van der Waals surface area contributed by atoms with E-state index in [0.717, 1.165) is 5.92 Å². The van der Waals surface area contributed by atoms with Gasteiger partial charge in [0.1, 0.15) is 0 Å². The van der Waals surface area contributed by atoms with Crippen LogP contribution in [-0.4, -0.2) is 0 Å². The molecular weight excluding hydrogens is 168 g/mol. The van der Waals surface area contributed by atoms with Crippen molar-refractivity contribution in [3.8, 4) is 0 Å². The molecule has 76 valence electrons. The molecule has 0 N–H and O–H groups in total. The van der Waals surface area contributed by atoms with Crippen LogP contribution in [0.25, 0.3) is 0 Å². The Morgan fingerprint density at radius 1 is 1.21 bits per heavy atom. The second kappa shape index (κ2) is 3.42. The van der Waals surface area contributed by atoms with Gasteiger partial charge < -0.3 is 0 Å². The predicted molar refractivity (Wildman–Crippen MR) is 62.1 cm³/mol. The first-order valence-corrected chi connectivity index (χ1v) is 5.70. The van der Waals surface area contributed by atoms with Gasteiger partial charge in [0, 0.05) is 5.41 Å². The van der Waals surface area contributed by atoms with Crippen LogP contribution in [0.2, 0.25) is 0 Å². The summed E-state index contributed by atoms with van der Waals surface area (Å²) in [6.07, 6.45) is 13.4. The van der Waals surface area contributed by atoms with E-state index in [2.05, 4.69) is 45.1 Å². The smallest absolute Gasteiger partial charge is 0.00108 e. The molecule has 0 aromatic heterocycles. The minimum atomic E-state index is 0.233. The number of hydrogen-bond donors (Lipinski definition) is 0. The highest BCUT2D eigenvalue weighted by Gasteiger charge is 2.20. The normalized spacial score (nSPS) is 30.1. The van der Waals surface area contributed by atoms with Crippen molar-refractivity contribution in [1.29, 1.82) is 0 Å². The summed E-state index contributed by atoms with van der Waals surface area (Å²) in [6, 6.07) is 0. The third-order valence-electron chi connectivity index (χ3n) is 3.39. The molecule has 0 heterocycles. The maximum absolute atomic E-state index is 2.36. The van der Waals surface area contributed by atoms with Crippen LogP contribution < -0.4 is 0 Å². The van der Waals surface area contributed by atoms with Crippen molar-refractivity contribution < 1.29 is 0 Å². The molecule has 1 unspecified atom stereocenters. The lowest BCUT2D eigenvalue weighted by Gasteiger charge is -2.21. The van der Waals surface area contributed by atoms with Crippen LogP contribution in [0.5, 0.6) is 0 Å². The van der Waals surface area contributed by atoms with Crippen LogP contribution in [0, 0.1) is 11.3 Å². The van der Waals surface area contributed by atoms with Crippen LogP contribution in [-0.2, 0) is 0 Å². The van der Waals surface area contributed by atoms with Crippen LogP contribution in [0.4, 0.5) is 0 Å². The van der Waals surface area contributed by atoms with Crippen LogP contribution in [0.15, 0.2) is 35.5 Å².